The van der Waals surface area contributed by atoms with Crippen molar-refractivity contribution in [2.45, 2.75) is 12.1 Å². The van der Waals surface area contributed by atoms with Gasteiger partial charge in [-0.25, -0.2) is 0 Å². The van der Waals surface area contributed by atoms with E-state index in [0.717, 1.165) is 24.0 Å². The number of thiophene rings is 1. The van der Waals surface area contributed by atoms with E-state index in [0.29, 0.717) is 6.04 Å². The van der Waals surface area contributed by atoms with Crippen molar-refractivity contribution in [2.24, 2.45) is 5.73 Å². The molecule has 90 valence electrons. The van der Waals surface area contributed by atoms with Crippen LogP contribution in [0.5, 0.6) is 0 Å². The predicted molar refractivity (Wildman–Crippen MR) is 70.2 cm³/mol. The Balaban J connectivity index is 2.10. The highest BCUT2D eigenvalue weighted by molar-refractivity contribution is 7.16. The van der Waals surface area contributed by atoms with Crippen LogP contribution in [0.2, 0.25) is 4.34 Å². The minimum Gasteiger partial charge on any atom is -0.322 e. The molecule has 0 bridgehead atoms. The predicted octanol–water partition coefficient (Wildman–Crippen LogP) is 1.65. The molecule has 0 saturated carbocycles. The lowest BCUT2D eigenvalue weighted by molar-refractivity contribution is 0.0981. The van der Waals surface area contributed by atoms with Gasteiger partial charge in [0.15, 0.2) is 0 Å². The summed E-state index contributed by atoms with van der Waals surface area (Å²) in [5, 5.41) is 0. The van der Waals surface area contributed by atoms with Crippen molar-refractivity contribution >= 4 is 22.9 Å². The maximum atomic E-state index is 6.32. The molecule has 16 heavy (non-hydrogen) atoms. The first-order valence-corrected chi connectivity index (χ1v) is 6.67. The molecule has 2 N–H and O–H groups in total. The quantitative estimate of drug-likeness (QED) is 0.877. The highest BCUT2D eigenvalue weighted by Crippen LogP contribution is 2.29. The van der Waals surface area contributed by atoms with Gasteiger partial charge in [0.25, 0.3) is 0 Å². The SMILES string of the molecule is CN1CCN(C)C(C(N)c2ccc(Cl)s2)C1. The molecule has 2 atom stereocenters. The molecule has 0 aromatic carbocycles. The average Bonchev–Trinajstić information content (AvgIpc) is 2.67. The monoisotopic (exact) mass is 259 g/mol. The second kappa shape index (κ2) is 5.02. The number of halogens is 1. The first-order chi connectivity index (χ1) is 7.58. The number of likely N-dealkylation sites (N-methyl/N-ethyl adjacent to an activating group) is 2. The zero-order valence-electron chi connectivity index (χ0n) is 9.69. The van der Waals surface area contributed by atoms with Crippen molar-refractivity contribution in [3.8, 4) is 0 Å². The third kappa shape index (κ3) is 2.57. The van der Waals surface area contributed by atoms with E-state index in [1.165, 1.54) is 4.88 Å². The summed E-state index contributed by atoms with van der Waals surface area (Å²) < 4.78 is 0.817. The van der Waals surface area contributed by atoms with Crippen LogP contribution in [0.1, 0.15) is 10.9 Å². The Kier molecular flexibility index (Phi) is 3.87. The van der Waals surface area contributed by atoms with Gasteiger partial charge in [-0.1, -0.05) is 11.6 Å². The van der Waals surface area contributed by atoms with Gasteiger partial charge >= 0.3 is 0 Å². The third-order valence-electron chi connectivity index (χ3n) is 3.24. The fourth-order valence-corrected chi connectivity index (χ4v) is 3.25. The van der Waals surface area contributed by atoms with E-state index in [1.54, 1.807) is 11.3 Å². The Morgan fingerprint density at radius 3 is 2.81 bits per heavy atom. The molecule has 1 aromatic rings. The van der Waals surface area contributed by atoms with Gasteiger partial charge in [-0.15, -0.1) is 11.3 Å². The molecular formula is C11H18ClN3S. The van der Waals surface area contributed by atoms with Crippen LogP contribution in [0.3, 0.4) is 0 Å². The molecule has 1 aliphatic heterocycles. The molecule has 1 aromatic heterocycles. The van der Waals surface area contributed by atoms with E-state index in [2.05, 4.69) is 23.9 Å². The summed E-state index contributed by atoms with van der Waals surface area (Å²) in [5.74, 6) is 0. The largest absolute Gasteiger partial charge is 0.322 e. The van der Waals surface area contributed by atoms with Crippen LogP contribution in [0.15, 0.2) is 12.1 Å². The summed E-state index contributed by atoms with van der Waals surface area (Å²) in [6.45, 7) is 3.21. The molecule has 2 heterocycles. The molecule has 1 aliphatic rings. The van der Waals surface area contributed by atoms with E-state index in [9.17, 15) is 0 Å². The first-order valence-electron chi connectivity index (χ1n) is 5.47. The molecule has 2 unspecified atom stereocenters. The number of hydrogen-bond donors (Lipinski definition) is 1. The summed E-state index contributed by atoms with van der Waals surface area (Å²) in [6, 6.07) is 4.41. The highest BCUT2D eigenvalue weighted by atomic mass is 35.5. The van der Waals surface area contributed by atoms with Crippen LogP contribution in [-0.4, -0.2) is 49.6 Å². The van der Waals surface area contributed by atoms with Gasteiger partial charge in [-0.05, 0) is 26.2 Å². The van der Waals surface area contributed by atoms with E-state index < -0.39 is 0 Å². The third-order valence-corrected chi connectivity index (χ3v) is 4.57. The topological polar surface area (TPSA) is 32.5 Å². The summed E-state index contributed by atoms with van der Waals surface area (Å²) >= 11 is 7.54. The van der Waals surface area contributed by atoms with Crippen molar-refractivity contribution in [3.63, 3.8) is 0 Å². The summed E-state index contributed by atoms with van der Waals surface area (Å²) in [5.41, 5.74) is 6.32. The fraction of sp³-hybridized carbons (Fsp3) is 0.636. The Hall–Kier alpha value is -0.130. The maximum absolute atomic E-state index is 6.32. The van der Waals surface area contributed by atoms with Gasteiger partial charge in [0.1, 0.15) is 0 Å². The lowest BCUT2D eigenvalue weighted by Crippen LogP contribution is -2.54. The lowest BCUT2D eigenvalue weighted by Gasteiger charge is -2.40. The molecule has 5 heteroatoms. The second-order valence-electron chi connectivity index (χ2n) is 4.48. The molecule has 2 rings (SSSR count). The average molecular weight is 260 g/mol. The molecular weight excluding hydrogens is 242 g/mol. The Morgan fingerprint density at radius 1 is 1.44 bits per heavy atom. The van der Waals surface area contributed by atoms with Crippen molar-refractivity contribution < 1.29 is 0 Å². The summed E-state index contributed by atoms with van der Waals surface area (Å²) in [4.78, 5) is 5.86. The van der Waals surface area contributed by atoms with Crippen LogP contribution < -0.4 is 5.73 Å². The normalized spacial score (nSPS) is 25.9. The van der Waals surface area contributed by atoms with E-state index in [-0.39, 0.29) is 6.04 Å². The number of hydrogen-bond acceptors (Lipinski definition) is 4. The highest BCUT2D eigenvalue weighted by Gasteiger charge is 2.29. The van der Waals surface area contributed by atoms with Crippen molar-refractivity contribution in [2.75, 3.05) is 33.7 Å². The molecule has 1 saturated heterocycles. The minimum atomic E-state index is 0.0604. The molecule has 0 spiro atoms. The Labute approximate surface area is 106 Å². The molecule has 0 radical (unpaired) electrons. The lowest BCUT2D eigenvalue weighted by atomic mass is 10.0. The summed E-state index contributed by atoms with van der Waals surface area (Å²) in [7, 11) is 4.29. The van der Waals surface area contributed by atoms with Crippen LogP contribution in [0.4, 0.5) is 0 Å². The van der Waals surface area contributed by atoms with Crippen LogP contribution in [0, 0.1) is 0 Å². The van der Waals surface area contributed by atoms with Gasteiger partial charge in [0, 0.05) is 30.6 Å². The standard InChI is InChI=1S/C11H18ClN3S/c1-14-5-6-15(2)8(7-14)11(13)9-3-4-10(12)16-9/h3-4,8,11H,5-7,13H2,1-2H3. The Morgan fingerprint density at radius 2 is 2.19 bits per heavy atom. The van der Waals surface area contributed by atoms with Crippen molar-refractivity contribution in [1.29, 1.82) is 0 Å². The number of rotatable bonds is 2. The zero-order valence-corrected chi connectivity index (χ0v) is 11.3. The van der Waals surface area contributed by atoms with Gasteiger partial charge in [-0.3, -0.25) is 4.90 Å². The van der Waals surface area contributed by atoms with E-state index in [4.69, 9.17) is 17.3 Å². The molecule has 0 amide bonds. The minimum absolute atomic E-state index is 0.0604. The van der Waals surface area contributed by atoms with E-state index >= 15 is 0 Å². The van der Waals surface area contributed by atoms with Crippen molar-refractivity contribution in [3.05, 3.63) is 21.3 Å². The second-order valence-corrected chi connectivity index (χ2v) is 6.22. The smallest absolute Gasteiger partial charge is 0.0931 e. The number of nitrogens with two attached hydrogens (primary N) is 1. The van der Waals surface area contributed by atoms with Crippen LogP contribution >= 0.6 is 22.9 Å². The van der Waals surface area contributed by atoms with Gasteiger partial charge in [0.05, 0.1) is 10.4 Å². The Bertz CT molecular complexity index is 355. The molecule has 1 fully saturated rings. The van der Waals surface area contributed by atoms with Gasteiger partial charge in [0.2, 0.25) is 0 Å². The van der Waals surface area contributed by atoms with E-state index in [1.807, 2.05) is 12.1 Å². The zero-order chi connectivity index (χ0) is 11.7. The van der Waals surface area contributed by atoms with Gasteiger partial charge < -0.3 is 10.6 Å². The number of piperazine rings is 1. The number of nitrogens with zero attached hydrogens (tertiary/aromatic N) is 2. The van der Waals surface area contributed by atoms with Crippen LogP contribution in [0.25, 0.3) is 0 Å². The summed E-state index contributed by atoms with van der Waals surface area (Å²) in [6.07, 6.45) is 0. The molecule has 3 nitrogen and oxygen atoms in total. The molecule has 0 aliphatic carbocycles. The van der Waals surface area contributed by atoms with Gasteiger partial charge in [-0.2, -0.15) is 0 Å². The van der Waals surface area contributed by atoms with Crippen LogP contribution in [-0.2, 0) is 0 Å². The first kappa shape index (κ1) is 12.3. The van der Waals surface area contributed by atoms with Crippen molar-refractivity contribution in [1.82, 2.24) is 9.80 Å². The maximum Gasteiger partial charge on any atom is 0.0931 e. The fourth-order valence-electron chi connectivity index (χ4n) is 2.13.